The minimum atomic E-state index is -0.361. The van der Waals surface area contributed by atoms with E-state index in [0.717, 1.165) is 17.4 Å². The molecule has 1 aromatic rings. The minimum absolute atomic E-state index is 0.361. The summed E-state index contributed by atoms with van der Waals surface area (Å²) in [6.45, 7) is 3.98. The smallest absolute Gasteiger partial charge is 0.330 e. The first kappa shape index (κ1) is 12.2. The average molecular weight is 218 g/mol. The quantitative estimate of drug-likeness (QED) is 0.442. The fraction of sp³-hybridized carbons (Fsp3) is 0.231. The molecule has 0 aliphatic heterocycles. The number of carbonyl (C=O) groups is 2. The van der Waals surface area contributed by atoms with Crippen molar-refractivity contribution in [2.75, 3.05) is 6.61 Å². The molecule has 0 spiro atoms. The highest BCUT2D eigenvalue weighted by Crippen LogP contribution is 2.10. The molecule has 0 saturated carbocycles. The Morgan fingerprint density at radius 1 is 1.44 bits per heavy atom. The van der Waals surface area contributed by atoms with Gasteiger partial charge in [-0.2, -0.15) is 0 Å². The third kappa shape index (κ3) is 3.35. The van der Waals surface area contributed by atoms with Crippen molar-refractivity contribution in [3.05, 3.63) is 41.0 Å². The van der Waals surface area contributed by atoms with Gasteiger partial charge >= 0.3 is 5.97 Å². The molecule has 0 aromatic heterocycles. The van der Waals surface area contributed by atoms with Crippen molar-refractivity contribution in [3.63, 3.8) is 0 Å². The largest absolute Gasteiger partial charge is 0.463 e. The number of aryl methyl sites for hydroxylation is 1. The average Bonchev–Trinajstić information content (AvgIpc) is 2.27. The van der Waals surface area contributed by atoms with Crippen LogP contribution in [0.5, 0.6) is 0 Å². The van der Waals surface area contributed by atoms with Crippen LogP contribution >= 0.6 is 0 Å². The van der Waals surface area contributed by atoms with Crippen LogP contribution in [0, 0.1) is 6.92 Å². The standard InChI is InChI=1S/C13H14O3/c1-3-16-13(15)7-5-11-4-6-12(9-14)10(2)8-11/h4-9H,3H2,1-2H3. The Morgan fingerprint density at radius 2 is 2.19 bits per heavy atom. The van der Waals surface area contributed by atoms with Gasteiger partial charge in [-0.25, -0.2) is 4.79 Å². The van der Waals surface area contributed by atoms with Crippen LogP contribution in [0.4, 0.5) is 0 Å². The van der Waals surface area contributed by atoms with Crippen LogP contribution in [0.2, 0.25) is 0 Å². The summed E-state index contributed by atoms with van der Waals surface area (Å²) in [7, 11) is 0. The molecular weight excluding hydrogens is 204 g/mol. The van der Waals surface area contributed by atoms with E-state index < -0.39 is 0 Å². The summed E-state index contributed by atoms with van der Waals surface area (Å²) in [6.07, 6.45) is 3.85. The summed E-state index contributed by atoms with van der Waals surface area (Å²) in [5.74, 6) is -0.361. The van der Waals surface area contributed by atoms with Crippen LogP contribution in [-0.4, -0.2) is 18.9 Å². The molecule has 0 amide bonds. The third-order valence-corrected chi connectivity index (χ3v) is 2.12. The van der Waals surface area contributed by atoms with Crippen LogP contribution in [0.1, 0.15) is 28.4 Å². The van der Waals surface area contributed by atoms with E-state index in [0.29, 0.717) is 12.2 Å². The van der Waals surface area contributed by atoms with Crippen molar-refractivity contribution in [1.82, 2.24) is 0 Å². The fourth-order valence-electron chi connectivity index (χ4n) is 1.29. The van der Waals surface area contributed by atoms with Crippen molar-refractivity contribution in [1.29, 1.82) is 0 Å². The van der Waals surface area contributed by atoms with Gasteiger partial charge in [-0.3, -0.25) is 4.79 Å². The van der Waals surface area contributed by atoms with E-state index in [-0.39, 0.29) is 5.97 Å². The summed E-state index contributed by atoms with van der Waals surface area (Å²) in [5, 5.41) is 0. The molecule has 0 aliphatic rings. The van der Waals surface area contributed by atoms with Crippen LogP contribution in [0.25, 0.3) is 6.08 Å². The maximum atomic E-state index is 11.1. The number of rotatable bonds is 4. The number of benzene rings is 1. The van der Waals surface area contributed by atoms with Gasteiger partial charge in [-0.1, -0.05) is 18.2 Å². The highest BCUT2D eigenvalue weighted by molar-refractivity contribution is 5.87. The molecular formula is C13H14O3. The molecule has 16 heavy (non-hydrogen) atoms. The second-order valence-corrected chi connectivity index (χ2v) is 3.32. The topological polar surface area (TPSA) is 43.4 Å². The molecule has 0 fully saturated rings. The Balaban J connectivity index is 2.78. The van der Waals surface area contributed by atoms with Crippen molar-refractivity contribution in [2.45, 2.75) is 13.8 Å². The molecule has 0 bridgehead atoms. The molecule has 1 rings (SSSR count). The van der Waals surface area contributed by atoms with Gasteiger partial charge in [-0.15, -0.1) is 0 Å². The van der Waals surface area contributed by atoms with Gasteiger partial charge in [0, 0.05) is 11.6 Å². The Bertz CT molecular complexity index is 419. The van der Waals surface area contributed by atoms with Crippen LogP contribution in [0.15, 0.2) is 24.3 Å². The second kappa shape index (κ2) is 5.85. The summed E-state index contributed by atoms with van der Waals surface area (Å²) in [6, 6.07) is 5.36. The van der Waals surface area contributed by atoms with Crippen LogP contribution in [-0.2, 0) is 9.53 Å². The molecule has 0 unspecified atom stereocenters. The zero-order valence-corrected chi connectivity index (χ0v) is 9.40. The molecule has 0 heterocycles. The molecule has 1 aromatic carbocycles. The van der Waals surface area contributed by atoms with Gasteiger partial charge in [0.1, 0.15) is 6.29 Å². The third-order valence-electron chi connectivity index (χ3n) is 2.12. The summed E-state index contributed by atoms with van der Waals surface area (Å²) in [5.41, 5.74) is 2.42. The molecule has 0 atom stereocenters. The number of hydrogen-bond donors (Lipinski definition) is 0. The number of esters is 1. The Kier molecular flexibility index (Phi) is 4.45. The maximum Gasteiger partial charge on any atom is 0.330 e. The number of ether oxygens (including phenoxy) is 1. The molecule has 3 nitrogen and oxygen atoms in total. The van der Waals surface area contributed by atoms with Crippen molar-refractivity contribution in [2.24, 2.45) is 0 Å². The number of aldehydes is 1. The molecule has 0 aliphatic carbocycles. The maximum absolute atomic E-state index is 11.1. The molecule has 84 valence electrons. The van der Waals surface area contributed by atoms with Crippen LogP contribution < -0.4 is 0 Å². The van der Waals surface area contributed by atoms with Gasteiger partial charge in [-0.05, 0) is 31.1 Å². The summed E-state index contributed by atoms with van der Waals surface area (Å²) in [4.78, 5) is 21.7. The zero-order chi connectivity index (χ0) is 12.0. The van der Waals surface area contributed by atoms with E-state index in [4.69, 9.17) is 4.74 Å². The van der Waals surface area contributed by atoms with Crippen LogP contribution in [0.3, 0.4) is 0 Å². The molecule has 3 heteroatoms. The predicted molar refractivity (Wildman–Crippen MR) is 62.2 cm³/mol. The summed E-state index contributed by atoms with van der Waals surface area (Å²) < 4.78 is 4.76. The van der Waals surface area contributed by atoms with Gasteiger partial charge in [0.2, 0.25) is 0 Å². The van der Waals surface area contributed by atoms with Gasteiger partial charge in [0.05, 0.1) is 6.61 Å². The monoisotopic (exact) mass is 218 g/mol. The first-order valence-corrected chi connectivity index (χ1v) is 5.08. The minimum Gasteiger partial charge on any atom is -0.463 e. The molecule has 0 radical (unpaired) electrons. The lowest BCUT2D eigenvalue weighted by atomic mass is 10.1. The summed E-state index contributed by atoms with van der Waals surface area (Å²) >= 11 is 0. The van der Waals surface area contributed by atoms with E-state index in [1.165, 1.54) is 6.08 Å². The lowest BCUT2D eigenvalue weighted by Gasteiger charge is -2.00. The fourth-order valence-corrected chi connectivity index (χ4v) is 1.29. The van der Waals surface area contributed by atoms with Crippen molar-refractivity contribution in [3.8, 4) is 0 Å². The van der Waals surface area contributed by atoms with E-state index in [1.807, 2.05) is 13.0 Å². The Labute approximate surface area is 94.7 Å². The number of hydrogen-bond acceptors (Lipinski definition) is 3. The van der Waals surface area contributed by atoms with E-state index >= 15 is 0 Å². The van der Waals surface area contributed by atoms with Gasteiger partial charge in [0.25, 0.3) is 0 Å². The van der Waals surface area contributed by atoms with E-state index in [9.17, 15) is 9.59 Å². The van der Waals surface area contributed by atoms with E-state index in [2.05, 4.69) is 0 Å². The lowest BCUT2D eigenvalue weighted by molar-refractivity contribution is -0.137. The highest BCUT2D eigenvalue weighted by Gasteiger charge is 1.98. The van der Waals surface area contributed by atoms with Crippen molar-refractivity contribution < 1.29 is 14.3 Å². The normalized spacial score (nSPS) is 10.4. The number of carbonyl (C=O) groups excluding carboxylic acids is 2. The van der Waals surface area contributed by atoms with Crippen molar-refractivity contribution >= 4 is 18.3 Å². The first-order chi connectivity index (χ1) is 7.67. The van der Waals surface area contributed by atoms with Gasteiger partial charge in [0.15, 0.2) is 0 Å². The highest BCUT2D eigenvalue weighted by atomic mass is 16.5. The SMILES string of the molecule is CCOC(=O)C=Cc1ccc(C=O)c(C)c1. The second-order valence-electron chi connectivity index (χ2n) is 3.32. The zero-order valence-electron chi connectivity index (χ0n) is 9.40. The first-order valence-electron chi connectivity index (χ1n) is 5.08. The molecule has 0 N–H and O–H groups in total. The predicted octanol–water partition coefficient (Wildman–Crippen LogP) is 2.38. The molecule has 0 saturated heterocycles. The van der Waals surface area contributed by atoms with Gasteiger partial charge < -0.3 is 4.74 Å². The Morgan fingerprint density at radius 3 is 2.75 bits per heavy atom. The Hall–Kier alpha value is -1.90. The van der Waals surface area contributed by atoms with E-state index in [1.54, 1.807) is 25.1 Å². The lowest BCUT2D eigenvalue weighted by Crippen LogP contribution is -1.98.